The SMILES string of the molecule is Nc1cc(-c2c(I)cc(I)cc2I)ccc1C(=O)C(=O)[C@H](N)[C@@H](O)[C@H](O)[C@H](O)CO. The number of hydrogen-bond acceptors (Lipinski definition) is 8. The number of carbonyl (C=O) groups excluding carboxylic acids is 2. The number of nitrogens with two attached hydrogens (primary N) is 2. The second kappa shape index (κ2) is 10.9. The standard InChI is InChI=1S/C19H19I3N2O6/c20-8-4-10(21)14(11(22)5-8)7-1-2-9(12(23)3-7)16(27)18(29)15(24)19(30)17(28)13(26)6-25/h1-5,13,15,17,19,25-26,28,30H,6,23-24H2/t13-,15+,17-,19-/m1/s1. The molecule has 0 saturated heterocycles. The summed E-state index contributed by atoms with van der Waals surface area (Å²) in [5.74, 6) is -2.20. The van der Waals surface area contributed by atoms with Crippen molar-refractivity contribution in [3.8, 4) is 11.1 Å². The molecule has 0 bridgehead atoms. The van der Waals surface area contributed by atoms with Crippen LogP contribution in [0.1, 0.15) is 10.4 Å². The van der Waals surface area contributed by atoms with Gasteiger partial charge in [-0.25, -0.2) is 0 Å². The highest BCUT2D eigenvalue weighted by Gasteiger charge is 2.36. The van der Waals surface area contributed by atoms with E-state index < -0.39 is 42.5 Å². The first kappa shape index (κ1) is 25.8. The van der Waals surface area contributed by atoms with E-state index in [9.17, 15) is 24.9 Å². The van der Waals surface area contributed by atoms with Crippen LogP contribution < -0.4 is 11.5 Å². The largest absolute Gasteiger partial charge is 0.398 e. The van der Waals surface area contributed by atoms with Crippen molar-refractivity contribution in [3.05, 3.63) is 46.6 Å². The van der Waals surface area contributed by atoms with Gasteiger partial charge in [-0.05, 0) is 97.6 Å². The van der Waals surface area contributed by atoms with Crippen LogP contribution >= 0.6 is 67.8 Å². The molecular weight excluding hydrogens is 733 g/mol. The number of aliphatic hydroxyl groups excluding tert-OH is 4. The fourth-order valence-electron chi connectivity index (χ4n) is 2.73. The van der Waals surface area contributed by atoms with Gasteiger partial charge in [0, 0.05) is 27.5 Å². The number of benzene rings is 2. The van der Waals surface area contributed by atoms with Crippen LogP contribution in [0.25, 0.3) is 11.1 Å². The Kier molecular flexibility index (Phi) is 9.41. The first-order valence-corrected chi connectivity index (χ1v) is 11.8. The number of halogens is 3. The van der Waals surface area contributed by atoms with Crippen molar-refractivity contribution in [1.82, 2.24) is 0 Å². The highest BCUT2D eigenvalue weighted by atomic mass is 127. The number of ketones is 2. The molecule has 8 nitrogen and oxygen atoms in total. The second-order valence-electron chi connectivity index (χ2n) is 6.50. The summed E-state index contributed by atoms with van der Waals surface area (Å²) in [7, 11) is 0. The fraction of sp³-hybridized carbons (Fsp3) is 0.263. The zero-order valence-corrected chi connectivity index (χ0v) is 21.8. The van der Waals surface area contributed by atoms with Gasteiger partial charge in [-0.15, -0.1) is 0 Å². The molecule has 0 spiro atoms. The van der Waals surface area contributed by atoms with Gasteiger partial charge in [0.25, 0.3) is 0 Å². The molecule has 0 radical (unpaired) electrons. The number of hydrogen-bond donors (Lipinski definition) is 6. The molecule has 0 unspecified atom stereocenters. The van der Waals surface area contributed by atoms with Crippen LogP contribution in [-0.4, -0.2) is 63.0 Å². The average Bonchev–Trinajstić information content (AvgIpc) is 2.69. The number of anilines is 1. The Bertz CT molecular complexity index is 948. The zero-order valence-electron chi connectivity index (χ0n) is 15.3. The Labute approximate surface area is 213 Å². The lowest BCUT2D eigenvalue weighted by Crippen LogP contribution is -2.54. The third-order valence-electron chi connectivity index (χ3n) is 4.42. The number of aliphatic hydroxyl groups is 4. The Balaban J connectivity index is 2.31. The average molecular weight is 752 g/mol. The van der Waals surface area contributed by atoms with Crippen molar-refractivity contribution >= 4 is 85.0 Å². The number of nitrogen functional groups attached to an aromatic ring is 1. The Hall–Kier alpha value is -0.430. The summed E-state index contributed by atoms with van der Waals surface area (Å²) in [5.41, 5.74) is 13.3. The van der Waals surface area contributed by atoms with E-state index in [1.807, 2.05) is 12.1 Å². The molecule has 0 aromatic heterocycles. The van der Waals surface area contributed by atoms with Crippen molar-refractivity contribution in [2.45, 2.75) is 24.4 Å². The second-order valence-corrected chi connectivity index (χ2v) is 10.1. The smallest absolute Gasteiger partial charge is 0.232 e. The van der Waals surface area contributed by atoms with Crippen molar-refractivity contribution in [1.29, 1.82) is 0 Å². The van der Waals surface area contributed by atoms with Gasteiger partial charge in [-0.3, -0.25) is 9.59 Å². The first-order valence-electron chi connectivity index (χ1n) is 8.53. The Morgan fingerprint density at radius 2 is 1.53 bits per heavy atom. The highest BCUT2D eigenvalue weighted by Crippen LogP contribution is 2.33. The molecular formula is C19H19I3N2O6. The highest BCUT2D eigenvalue weighted by molar-refractivity contribution is 14.1. The van der Waals surface area contributed by atoms with E-state index in [1.165, 1.54) is 6.07 Å². The maximum atomic E-state index is 12.6. The molecule has 0 aliphatic rings. The fourth-order valence-corrected chi connectivity index (χ4v) is 6.94. The van der Waals surface area contributed by atoms with Gasteiger partial charge in [0.1, 0.15) is 24.4 Å². The molecule has 162 valence electrons. The predicted octanol–water partition coefficient (Wildman–Crippen LogP) is 0.904. The molecule has 30 heavy (non-hydrogen) atoms. The number of rotatable bonds is 8. The van der Waals surface area contributed by atoms with E-state index in [4.69, 9.17) is 16.6 Å². The zero-order chi connectivity index (χ0) is 22.7. The minimum Gasteiger partial charge on any atom is -0.398 e. The van der Waals surface area contributed by atoms with Crippen LogP contribution in [0, 0.1) is 10.7 Å². The van der Waals surface area contributed by atoms with Gasteiger partial charge < -0.3 is 31.9 Å². The van der Waals surface area contributed by atoms with Crippen LogP contribution in [0.15, 0.2) is 30.3 Å². The van der Waals surface area contributed by atoms with E-state index in [2.05, 4.69) is 67.8 Å². The van der Waals surface area contributed by atoms with Crippen LogP contribution in [0.4, 0.5) is 5.69 Å². The van der Waals surface area contributed by atoms with Crippen molar-refractivity contribution in [2.24, 2.45) is 5.73 Å². The van der Waals surface area contributed by atoms with Gasteiger partial charge in [-0.1, -0.05) is 6.07 Å². The minimum absolute atomic E-state index is 0.0635. The monoisotopic (exact) mass is 752 g/mol. The van der Waals surface area contributed by atoms with Crippen LogP contribution in [0.5, 0.6) is 0 Å². The van der Waals surface area contributed by atoms with E-state index in [1.54, 1.807) is 12.1 Å². The maximum Gasteiger partial charge on any atom is 0.232 e. The lowest BCUT2D eigenvalue weighted by molar-refractivity contribution is -0.125. The predicted molar refractivity (Wildman–Crippen MR) is 137 cm³/mol. The summed E-state index contributed by atoms with van der Waals surface area (Å²) in [6, 6.07) is 6.86. The molecule has 2 aromatic carbocycles. The molecule has 0 amide bonds. The normalized spacial score (nSPS) is 15.3. The number of Topliss-reactive ketones (excluding diaryl/α,β-unsaturated/α-hetero) is 2. The van der Waals surface area contributed by atoms with Crippen LogP contribution in [-0.2, 0) is 4.79 Å². The summed E-state index contributed by atoms with van der Waals surface area (Å²) >= 11 is 6.65. The molecule has 0 heterocycles. The van der Waals surface area contributed by atoms with Crippen LogP contribution in [0.3, 0.4) is 0 Å². The minimum atomic E-state index is -1.95. The molecule has 0 fully saturated rings. The third kappa shape index (κ3) is 5.67. The molecule has 0 aliphatic heterocycles. The summed E-state index contributed by atoms with van der Waals surface area (Å²) in [5, 5.41) is 37.9. The number of carbonyl (C=O) groups is 2. The lowest BCUT2D eigenvalue weighted by Gasteiger charge is -2.25. The third-order valence-corrected chi connectivity index (χ3v) is 6.74. The Morgan fingerprint density at radius 1 is 0.967 bits per heavy atom. The molecule has 2 rings (SSSR count). The topological polar surface area (TPSA) is 167 Å². The van der Waals surface area contributed by atoms with Crippen LogP contribution in [0.2, 0.25) is 0 Å². The molecule has 0 aliphatic carbocycles. The van der Waals surface area contributed by atoms with E-state index in [-0.39, 0.29) is 11.3 Å². The van der Waals surface area contributed by atoms with Crippen molar-refractivity contribution < 1.29 is 30.0 Å². The summed E-state index contributed by atoms with van der Waals surface area (Å²) in [6.45, 7) is -0.850. The lowest BCUT2D eigenvalue weighted by atomic mass is 9.93. The molecule has 8 N–H and O–H groups in total. The molecule has 0 saturated carbocycles. The summed E-state index contributed by atoms with van der Waals surface area (Å²) < 4.78 is 3.08. The van der Waals surface area contributed by atoms with E-state index in [0.29, 0.717) is 0 Å². The van der Waals surface area contributed by atoms with Gasteiger partial charge >= 0.3 is 0 Å². The Morgan fingerprint density at radius 3 is 2.03 bits per heavy atom. The van der Waals surface area contributed by atoms with Crippen molar-refractivity contribution in [3.63, 3.8) is 0 Å². The quantitative estimate of drug-likeness (QED) is 0.100. The van der Waals surface area contributed by atoms with Gasteiger partial charge in [0.05, 0.1) is 6.61 Å². The maximum absolute atomic E-state index is 12.6. The van der Waals surface area contributed by atoms with Gasteiger partial charge in [0.2, 0.25) is 11.6 Å². The van der Waals surface area contributed by atoms with E-state index >= 15 is 0 Å². The molecule has 11 heteroatoms. The van der Waals surface area contributed by atoms with E-state index in [0.717, 1.165) is 21.8 Å². The summed E-state index contributed by atoms with van der Waals surface area (Å²) in [6.07, 6.45) is -5.55. The first-order chi connectivity index (χ1) is 14.0. The van der Waals surface area contributed by atoms with Gasteiger partial charge in [-0.2, -0.15) is 0 Å². The van der Waals surface area contributed by atoms with Crippen molar-refractivity contribution in [2.75, 3.05) is 12.3 Å². The molecule has 4 atom stereocenters. The van der Waals surface area contributed by atoms with Gasteiger partial charge in [0.15, 0.2) is 0 Å². The summed E-state index contributed by atoms with van der Waals surface area (Å²) in [4.78, 5) is 25.0. The molecule has 2 aromatic rings.